The number of aromatic nitrogens is 1. The highest BCUT2D eigenvalue weighted by Gasteiger charge is 2.22. The molecular formula is C26H26FN3O4S. The molecule has 0 fully saturated rings. The van der Waals surface area contributed by atoms with Crippen LogP contribution in [0.25, 0.3) is 6.08 Å². The molecule has 2 amide bonds. The van der Waals surface area contributed by atoms with Gasteiger partial charge in [-0.25, -0.2) is 9.37 Å². The summed E-state index contributed by atoms with van der Waals surface area (Å²) in [5, 5.41) is 5.05. The van der Waals surface area contributed by atoms with Crippen LogP contribution < -0.4 is 19.7 Å². The van der Waals surface area contributed by atoms with Crippen molar-refractivity contribution in [3.63, 3.8) is 0 Å². The van der Waals surface area contributed by atoms with Crippen LogP contribution in [0.2, 0.25) is 0 Å². The summed E-state index contributed by atoms with van der Waals surface area (Å²) < 4.78 is 25.5. The van der Waals surface area contributed by atoms with Gasteiger partial charge >= 0.3 is 0 Å². The maximum atomic E-state index is 14.3. The van der Waals surface area contributed by atoms with Gasteiger partial charge in [-0.05, 0) is 41.8 Å². The first-order valence-electron chi connectivity index (χ1n) is 11.2. The molecule has 4 rings (SSSR count). The lowest BCUT2D eigenvalue weighted by Crippen LogP contribution is -2.30. The Morgan fingerprint density at radius 3 is 2.60 bits per heavy atom. The molecule has 3 aromatic rings. The average molecular weight is 496 g/mol. The molecule has 0 aliphatic carbocycles. The first-order valence-corrected chi connectivity index (χ1v) is 12.1. The predicted molar refractivity (Wildman–Crippen MR) is 134 cm³/mol. The van der Waals surface area contributed by atoms with Gasteiger partial charge in [-0.15, -0.1) is 11.3 Å². The lowest BCUT2D eigenvalue weighted by molar-refractivity contribution is -0.117. The Morgan fingerprint density at radius 2 is 1.89 bits per heavy atom. The summed E-state index contributed by atoms with van der Waals surface area (Å²) in [6.45, 7) is 6.41. The zero-order valence-electron chi connectivity index (χ0n) is 19.7. The normalized spacial score (nSPS) is 13.6. The van der Waals surface area contributed by atoms with Crippen molar-refractivity contribution in [2.75, 3.05) is 18.1 Å². The minimum Gasteiger partial charge on any atom is -0.486 e. The van der Waals surface area contributed by atoms with Gasteiger partial charge in [0, 0.05) is 18.4 Å². The van der Waals surface area contributed by atoms with E-state index < -0.39 is 5.82 Å². The minimum atomic E-state index is -0.520. The Kier molecular flexibility index (Phi) is 7.45. The van der Waals surface area contributed by atoms with E-state index in [2.05, 4.69) is 10.3 Å². The molecule has 1 N–H and O–H groups in total. The van der Waals surface area contributed by atoms with E-state index in [1.165, 1.54) is 41.4 Å². The molecule has 0 saturated carbocycles. The maximum Gasteiger partial charge on any atom is 0.244 e. The van der Waals surface area contributed by atoms with Crippen LogP contribution in [-0.4, -0.2) is 30.0 Å². The molecule has 1 aliphatic rings. The monoisotopic (exact) mass is 495 g/mol. The van der Waals surface area contributed by atoms with E-state index >= 15 is 0 Å². The number of hydrogen-bond donors (Lipinski definition) is 1. The van der Waals surface area contributed by atoms with E-state index in [0.29, 0.717) is 35.5 Å². The van der Waals surface area contributed by atoms with Gasteiger partial charge in [-0.3, -0.25) is 14.5 Å². The number of rotatable bonds is 7. The number of carbonyl (C=O) groups excluding carboxylic acids is 2. The van der Waals surface area contributed by atoms with Gasteiger partial charge in [0.15, 0.2) is 16.6 Å². The summed E-state index contributed by atoms with van der Waals surface area (Å²) in [6, 6.07) is 11.5. The molecule has 0 bridgehead atoms. The van der Waals surface area contributed by atoms with Crippen molar-refractivity contribution in [3.8, 4) is 11.5 Å². The highest BCUT2D eigenvalue weighted by atomic mass is 32.1. The smallest absolute Gasteiger partial charge is 0.244 e. The van der Waals surface area contributed by atoms with E-state index in [1.807, 2.05) is 32.0 Å². The molecule has 2 heterocycles. The number of nitrogens with one attached hydrogen (secondary N) is 1. The molecule has 2 aromatic carbocycles. The number of anilines is 2. The first-order chi connectivity index (χ1) is 16.8. The predicted octanol–water partition coefficient (Wildman–Crippen LogP) is 5.26. The molecule has 9 heteroatoms. The number of ether oxygens (including phenoxy) is 2. The summed E-state index contributed by atoms with van der Waals surface area (Å²) in [6.07, 6.45) is 2.96. The third kappa shape index (κ3) is 5.68. The van der Waals surface area contributed by atoms with Gasteiger partial charge in [0.25, 0.3) is 0 Å². The van der Waals surface area contributed by atoms with Crippen molar-refractivity contribution in [1.29, 1.82) is 0 Å². The van der Waals surface area contributed by atoms with Crippen molar-refractivity contribution < 1.29 is 23.5 Å². The fourth-order valence-corrected chi connectivity index (χ4v) is 4.59. The second-order valence-corrected chi connectivity index (χ2v) is 9.16. The Hall–Kier alpha value is -3.72. The van der Waals surface area contributed by atoms with Crippen LogP contribution >= 0.6 is 11.3 Å². The summed E-state index contributed by atoms with van der Waals surface area (Å²) in [5.41, 5.74) is 1.54. The Labute approximate surface area is 207 Å². The van der Waals surface area contributed by atoms with Crippen LogP contribution in [0.5, 0.6) is 11.5 Å². The highest BCUT2D eigenvalue weighted by molar-refractivity contribution is 7.14. The lowest BCUT2D eigenvalue weighted by Gasteiger charge is -2.25. The SMILES string of the molecule is CC(=O)N(c1nc(/C=C/C(=O)NC(c2ccc3c(c2)OCCO3)C(C)C)cs1)c1ccccc1F. The van der Waals surface area contributed by atoms with Crippen LogP contribution in [0.15, 0.2) is 53.9 Å². The fourth-order valence-electron chi connectivity index (χ4n) is 3.75. The zero-order chi connectivity index (χ0) is 24.9. The highest BCUT2D eigenvalue weighted by Crippen LogP contribution is 2.34. The average Bonchev–Trinajstić information content (AvgIpc) is 3.30. The van der Waals surface area contributed by atoms with Crippen molar-refractivity contribution in [2.45, 2.75) is 26.8 Å². The number of fused-ring (bicyclic) bond motifs is 1. The second-order valence-electron chi connectivity index (χ2n) is 8.33. The molecule has 7 nitrogen and oxygen atoms in total. The number of carbonyl (C=O) groups is 2. The molecule has 1 aromatic heterocycles. The fraction of sp³-hybridized carbons (Fsp3) is 0.269. The number of para-hydroxylation sites is 1. The maximum absolute atomic E-state index is 14.3. The summed E-state index contributed by atoms with van der Waals surface area (Å²) >= 11 is 1.19. The van der Waals surface area contributed by atoms with Crippen LogP contribution in [0.4, 0.5) is 15.2 Å². The molecule has 0 saturated heterocycles. The molecule has 1 unspecified atom stereocenters. The van der Waals surface area contributed by atoms with Gasteiger partial charge in [-0.1, -0.05) is 32.0 Å². The molecule has 1 aliphatic heterocycles. The lowest BCUT2D eigenvalue weighted by atomic mass is 9.95. The van der Waals surface area contributed by atoms with Crippen LogP contribution in [0.1, 0.15) is 38.1 Å². The number of nitrogens with zero attached hydrogens (tertiary/aromatic N) is 2. The quantitative estimate of drug-likeness (QED) is 0.452. The largest absolute Gasteiger partial charge is 0.486 e. The molecule has 1 atom stereocenters. The van der Waals surface area contributed by atoms with Crippen molar-refractivity contribution in [1.82, 2.24) is 10.3 Å². The van der Waals surface area contributed by atoms with Crippen molar-refractivity contribution in [3.05, 3.63) is 71.0 Å². The second kappa shape index (κ2) is 10.7. The number of benzene rings is 2. The molecule has 0 spiro atoms. The third-order valence-corrected chi connectivity index (χ3v) is 6.25. The minimum absolute atomic E-state index is 0.127. The van der Waals surface area contributed by atoms with E-state index in [4.69, 9.17) is 9.47 Å². The van der Waals surface area contributed by atoms with E-state index in [1.54, 1.807) is 23.6 Å². The van der Waals surface area contributed by atoms with E-state index in [9.17, 15) is 14.0 Å². The van der Waals surface area contributed by atoms with E-state index in [-0.39, 0.29) is 29.5 Å². The van der Waals surface area contributed by atoms with E-state index in [0.717, 1.165) is 5.56 Å². The van der Waals surface area contributed by atoms with Gasteiger partial charge in [0.2, 0.25) is 11.8 Å². The van der Waals surface area contributed by atoms with Gasteiger partial charge < -0.3 is 14.8 Å². The van der Waals surface area contributed by atoms with Crippen molar-refractivity contribution >= 4 is 40.0 Å². The topological polar surface area (TPSA) is 80.8 Å². The summed E-state index contributed by atoms with van der Waals surface area (Å²) in [5.74, 6) is 0.327. The van der Waals surface area contributed by atoms with Gasteiger partial charge in [0.1, 0.15) is 19.0 Å². The standard InChI is InChI=1S/C26H26FN3O4S/c1-16(2)25(18-8-10-22-23(14-18)34-13-12-33-22)29-24(32)11-9-19-15-35-26(28-19)30(17(3)31)21-7-5-4-6-20(21)27/h4-11,14-16,25H,12-13H2,1-3H3,(H,29,32)/b11-9+. The van der Waals surface area contributed by atoms with Crippen LogP contribution in [0, 0.1) is 11.7 Å². The molecule has 182 valence electrons. The molecule has 0 radical (unpaired) electrons. The number of halogens is 1. The summed E-state index contributed by atoms with van der Waals surface area (Å²) in [7, 11) is 0. The Morgan fingerprint density at radius 1 is 1.14 bits per heavy atom. The number of hydrogen-bond acceptors (Lipinski definition) is 6. The molecule has 35 heavy (non-hydrogen) atoms. The van der Waals surface area contributed by atoms with Crippen LogP contribution in [-0.2, 0) is 9.59 Å². The summed E-state index contributed by atoms with van der Waals surface area (Å²) in [4.78, 5) is 30.5. The number of amides is 2. The van der Waals surface area contributed by atoms with Crippen molar-refractivity contribution in [2.24, 2.45) is 5.92 Å². The van der Waals surface area contributed by atoms with Crippen LogP contribution in [0.3, 0.4) is 0 Å². The third-order valence-electron chi connectivity index (χ3n) is 5.40. The number of thiazole rings is 1. The molecular weight excluding hydrogens is 469 g/mol. The Bertz CT molecular complexity index is 1260. The van der Waals surface area contributed by atoms with Gasteiger partial charge in [0.05, 0.1) is 17.4 Å². The van der Waals surface area contributed by atoms with Gasteiger partial charge in [-0.2, -0.15) is 0 Å². The Balaban J connectivity index is 1.47. The zero-order valence-corrected chi connectivity index (χ0v) is 20.5. The first kappa shape index (κ1) is 24.4.